The maximum atomic E-state index is 13.5. The van der Waals surface area contributed by atoms with Crippen LogP contribution >= 0.6 is 0 Å². The maximum absolute atomic E-state index is 13.5. The molecular formula is C14H16F2N2O. The van der Waals surface area contributed by atoms with Crippen molar-refractivity contribution in [2.45, 2.75) is 25.3 Å². The van der Waals surface area contributed by atoms with Crippen LogP contribution in [0, 0.1) is 11.6 Å². The van der Waals surface area contributed by atoms with Crippen molar-refractivity contribution in [2.75, 3.05) is 0 Å². The fourth-order valence-electron chi connectivity index (χ4n) is 1.99. The number of halogens is 2. The minimum Gasteiger partial charge on any atom is -0.469 e. The molecule has 0 aliphatic rings. The summed E-state index contributed by atoms with van der Waals surface area (Å²) in [5, 5.41) is 0. The van der Waals surface area contributed by atoms with E-state index in [0.29, 0.717) is 12.8 Å². The number of rotatable bonds is 6. The van der Waals surface area contributed by atoms with Gasteiger partial charge in [0.25, 0.3) is 0 Å². The van der Waals surface area contributed by atoms with Gasteiger partial charge in [0.15, 0.2) is 0 Å². The highest BCUT2D eigenvalue weighted by Crippen LogP contribution is 2.16. The number of furan rings is 1. The highest BCUT2D eigenvalue weighted by atomic mass is 19.1. The zero-order valence-electron chi connectivity index (χ0n) is 10.4. The normalized spacial score (nSPS) is 12.6. The van der Waals surface area contributed by atoms with Gasteiger partial charge in [0.2, 0.25) is 0 Å². The van der Waals surface area contributed by atoms with Gasteiger partial charge in [0.1, 0.15) is 17.4 Å². The van der Waals surface area contributed by atoms with E-state index >= 15 is 0 Å². The SMILES string of the molecule is NNC(CCc1ccco1)Cc1c(F)cccc1F. The van der Waals surface area contributed by atoms with E-state index < -0.39 is 11.6 Å². The van der Waals surface area contributed by atoms with Gasteiger partial charge in [0.05, 0.1) is 6.26 Å². The van der Waals surface area contributed by atoms with E-state index in [2.05, 4.69) is 5.43 Å². The van der Waals surface area contributed by atoms with Crippen molar-refractivity contribution in [1.29, 1.82) is 0 Å². The Morgan fingerprint density at radius 1 is 1.16 bits per heavy atom. The van der Waals surface area contributed by atoms with E-state index in [9.17, 15) is 8.78 Å². The summed E-state index contributed by atoms with van der Waals surface area (Å²) in [6.07, 6.45) is 3.10. The molecule has 0 radical (unpaired) electrons. The maximum Gasteiger partial charge on any atom is 0.129 e. The molecule has 102 valence electrons. The molecule has 5 heteroatoms. The number of nitrogens with one attached hydrogen (secondary N) is 1. The molecule has 1 aromatic heterocycles. The van der Waals surface area contributed by atoms with Gasteiger partial charge >= 0.3 is 0 Å². The first-order chi connectivity index (χ1) is 9.20. The number of hydrazine groups is 1. The third-order valence-electron chi connectivity index (χ3n) is 3.07. The number of nitrogens with two attached hydrogens (primary N) is 1. The average Bonchev–Trinajstić information content (AvgIpc) is 2.91. The topological polar surface area (TPSA) is 51.2 Å². The lowest BCUT2D eigenvalue weighted by atomic mass is 10.0. The molecule has 1 aromatic carbocycles. The summed E-state index contributed by atoms with van der Waals surface area (Å²) in [4.78, 5) is 0. The largest absolute Gasteiger partial charge is 0.469 e. The van der Waals surface area contributed by atoms with Crippen molar-refractivity contribution in [2.24, 2.45) is 5.84 Å². The Morgan fingerprint density at radius 2 is 1.89 bits per heavy atom. The second-order valence-corrected chi connectivity index (χ2v) is 4.39. The fourth-order valence-corrected chi connectivity index (χ4v) is 1.99. The van der Waals surface area contributed by atoms with Gasteiger partial charge in [-0.15, -0.1) is 0 Å². The van der Waals surface area contributed by atoms with Crippen LogP contribution in [-0.2, 0) is 12.8 Å². The first-order valence-corrected chi connectivity index (χ1v) is 6.12. The van der Waals surface area contributed by atoms with Crippen molar-refractivity contribution >= 4 is 0 Å². The van der Waals surface area contributed by atoms with Crippen LogP contribution in [0.2, 0.25) is 0 Å². The summed E-state index contributed by atoms with van der Waals surface area (Å²) < 4.78 is 32.3. The molecule has 3 nitrogen and oxygen atoms in total. The van der Waals surface area contributed by atoms with Crippen molar-refractivity contribution in [3.05, 3.63) is 59.6 Å². The lowest BCUT2D eigenvalue weighted by molar-refractivity contribution is 0.435. The summed E-state index contributed by atoms with van der Waals surface area (Å²) in [7, 11) is 0. The fraction of sp³-hybridized carbons (Fsp3) is 0.286. The Hall–Kier alpha value is -1.72. The molecule has 19 heavy (non-hydrogen) atoms. The van der Waals surface area contributed by atoms with Crippen LogP contribution in [0.4, 0.5) is 8.78 Å². The van der Waals surface area contributed by atoms with Crippen molar-refractivity contribution < 1.29 is 13.2 Å². The van der Waals surface area contributed by atoms with Gasteiger partial charge in [-0.3, -0.25) is 11.3 Å². The van der Waals surface area contributed by atoms with Gasteiger partial charge in [-0.25, -0.2) is 8.78 Å². The molecule has 2 rings (SSSR count). The minimum atomic E-state index is -0.543. The van der Waals surface area contributed by atoms with E-state index in [0.717, 1.165) is 5.76 Å². The first kappa shape index (κ1) is 13.7. The highest BCUT2D eigenvalue weighted by molar-refractivity contribution is 5.20. The molecule has 0 spiro atoms. The number of hydrogen-bond acceptors (Lipinski definition) is 3. The monoisotopic (exact) mass is 266 g/mol. The number of aryl methyl sites for hydroxylation is 1. The van der Waals surface area contributed by atoms with E-state index in [1.54, 1.807) is 12.3 Å². The van der Waals surface area contributed by atoms with Gasteiger partial charge in [-0.05, 0) is 37.1 Å². The Morgan fingerprint density at radius 3 is 2.47 bits per heavy atom. The van der Waals surface area contributed by atoms with Crippen molar-refractivity contribution in [1.82, 2.24) is 5.43 Å². The molecular weight excluding hydrogens is 250 g/mol. The van der Waals surface area contributed by atoms with E-state index in [-0.39, 0.29) is 18.0 Å². The smallest absolute Gasteiger partial charge is 0.129 e. The quantitative estimate of drug-likeness (QED) is 0.624. The van der Waals surface area contributed by atoms with Crippen LogP contribution < -0.4 is 11.3 Å². The highest BCUT2D eigenvalue weighted by Gasteiger charge is 2.15. The van der Waals surface area contributed by atoms with Crippen molar-refractivity contribution in [3.63, 3.8) is 0 Å². The zero-order chi connectivity index (χ0) is 13.7. The molecule has 1 atom stereocenters. The van der Waals surface area contributed by atoms with Gasteiger partial charge in [-0.2, -0.15) is 0 Å². The molecule has 0 fully saturated rings. The molecule has 0 aliphatic carbocycles. The summed E-state index contributed by atoms with van der Waals surface area (Å²) in [5.74, 6) is 5.18. The van der Waals surface area contributed by atoms with Crippen LogP contribution in [0.3, 0.4) is 0 Å². The summed E-state index contributed by atoms with van der Waals surface area (Å²) in [6, 6.07) is 7.30. The molecule has 0 saturated heterocycles. The van der Waals surface area contributed by atoms with E-state index in [1.165, 1.54) is 18.2 Å². The Kier molecular flexibility index (Phi) is 4.65. The third-order valence-corrected chi connectivity index (χ3v) is 3.07. The summed E-state index contributed by atoms with van der Waals surface area (Å²) >= 11 is 0. The van der Waals surface area contributed by atoms with Crippen LogP contribution in [0.25, 0.3) is 0 Å². The Labute approximate surface area is 110 Å². The Balaban J connectivity index is 1.98. The zero-order valence-corrected chi connectivity index (χ0v) is 10.4. The van der Waals surface area contributed by atoms with Gasteiger partial charge in [0, 0.05) is 18.0 Å². The Bertz CT molecular complexity index is 494. The summed E-state index contributed by atoms with van der Waals surface area (Å²) in [6.45, 7) is 0. The number of benzene rings is 1. The van der Waals surface area contributed by atoms with Crippen LogP contribution in [0.1, 0.15) is 17.7 Å². The van der Waals surface area contributed by atoms with Crippen LogP contribution in [-0.4, -0.2) is 6.04 Å². The van der Waals surface area contributed by atoms with Crippen LogP contribution in [0.5, 0.6) is 0 Å². The molecule has 3 N–H and O–H groups in total. The lowest BCUT2D eigenvalue weighted by Crippen LogP contribution is -2.37. The second-order valence-electron chi connectivity index (χ2n) is 4.39. The molecule has 0 aliphatic heterocycles. The molecule has 1 heterocycles. The average molecular weight is 266 g/mol. The molecule has 0 saturated carbocycles. The van der Waals surface area contributed by atoms with Crippen molar-refractivity contribution in [3.8, 4) is 0 Å². The van der Waals surface area contributed by atoms with Crippen LogP contribution in [0.15, 0.2) is 41.0 Å². The lowest BCUT2D eigenvalue weighted by Gasteiger charge is -2.16. The minimum absolute atomic E-state index is 0.0601. The molecule has 0 bridgehead atoms. The third kappa shape index (κ3) is 3.62. The molecule has 2 aromatic rings. The van der Waals surface area contributed by atoms with Gasteiger partial charge < -0.3 is 4.42 Å². The van der Waals surface area contributed by atoms with Gasteiger partial charge in [-0.1, -0.05) is 6.07 Å². The predicted molar refractivity (Wildman–Crippen MR) is 68.2 cm³/mol. The standard InChI is InChI=1S/C14H16F2N2O/c15-13-4-1-5-14(16)12(13)9-10(18-17)6-7-11-3-2-8-19-11/h1-5,8,10,18H,6-7,9,17H2. The summed E-state index contributed by atoms with van der Waals surface area (Å²) in [5.41, 5.74) is 2.65. The molecule has 0 amide bonds. The number of hydrogen-bond donors (Lipinski definition) is 2. The first-order valence-electron chi connectivity index (χ1n) is 6.12. The van der Waals surface area contributed by atoms with E-state index in [4.69, 9.17) is 10.3 Å². The predicted octanol–water partition coefficient (Wildman–Crippen LogP) is 2.57. The van der Waals surface area contributed by atoms with E-state index in [1.807, 2.05) is 6.07 Å². The molecule has 1 unspecified atom stereocenters. The second kappa shape index (κ2) is 6.45.